The summed E-state index contributed by atoms with van der Waals surface area (Å²) in [6.45, 7) is 9.92. The van der Waals surface area contributed by atoms with E-state index in [-0.39, 0.29) is 5.91 Å². The van der Waals surface area contributed by atoms with Crippen molar-refractivity contribution in [3.8, 4) is 0 Å². The van der Waals surface area contributed by atoms with Crippen molar-refractivity contribution in [3.63, 3.8) is 0 Å². The molecule has 1 aliphatic rings. The summed E-state index contributed by atoms with van der Waals surface area (Å²) in [6, 6.07) is 3.96. The monoisotopic (exact) mass is 304 g/mol. The summed E-state index contributed by atoms with van der Waals surface area (Å²) in [5.74, 6) is 0.0553. The number of hydrogen-bond acceptors (Lipinski definition) is 4. The third-order valence-electron chi connectivity index (χ3n) is 4.11. The van der Waals surface area contributed by atoms with Gasteiger partial charge in [0, 0.05) is 51.2 Å². The van der Waals surface area contributed by atoms with Crippen molar-refractivity contribution in [1.29, 1.82) is 0 Å². The highest BCUT2D eigenvalue weighted by Gasteiger charge is 2.19. The summed E-state index contributed by atoms with van der Waals surface area (Å²) in [5, 5.41) is 0. The average molecular weight is 304 g/mol. The van der Waals surface area contributed by atoms with Gasteiger partial charge in [-0.2, -0.15) is 0 Å². The van der Waals surface area contributed by atoms with Crippen molar-refractivity contribution in [3.05, 3.63) is 24.0 Å². The molecule has 0 saturated carbocycles. The lowest BCUT2D eigenvalue weighted by atomic mass is 10.2. The van der Waals surface area contributed by atoms with E-state index in [1.165, 1.54) is 0 Å². The third-order valence-corrected chi connectivity index (χ3v) is 4.11. The van der Waals surface area contributed by atoms with Gasteiger partial charge in [0.1, 0.15) is 5.69 Å². The van der Waals surface area contributed by atoms with Crippen LogP contribution in [-0.4, -0.2) is 67.0 Å². The van der Waals surface area contributed by atoms with Crippen LogP contribution in [0, 0.1) is 0 Å². The van der Waals surface area contributed by atoms with Gasteiger partial charge in [-0.1, -0.05) is 13.8 Å². The van der Waals surface area contributed by atoms with Gasteiger partial charge >= 0.3 is 0 Å². The van der Waals surface area contributed by atoms with Crippen LogP contribution in [0.25, 0.3) is 0 Å². The molecule has 2 heterocycles. The van der Waals surface area contributed by atoms with E-state index in [0.717, 1.165) is 57.8 Å². The van der Waals surface area contributed by atoms with E-state index in [1.807, 2.05) is 17.0 Å². The van der Waals surface area contributed by atoms with Crippen molar-refractivity contribution >= 4 is 11.6 Å². The van der Waals surface area contributed by atoms with Crippen molar-refractivity contribution in [1.82, 2.24) is 14.8 Å². The van der Waals surface area contributed by atoms with Gasteiger partial charge in [-0.05, 0) is 32.0 Å². The molecule has 1 aliphatic heterocycles. The summed E-state index contributed by atoms with van der Waals surface area (Å²) in [7, 11) is 2.15. The molecule has 0 spiro atoms. The Kier molecular flexibility index (Phi) is 6.19. The first kappa shape index (κ1) is 16.7. The van der Waals surface area contributed by atoms with Crippen LogP contribution in [0.5, 0.6) is 0 Å². The molecule has 0 radical (unpaired) electrons. The summed E-state index contributed by atoms with van der Waals surface area (Å²) in [4.78, 5) is 23.5. The Hall–Kier alpha value is -1.62. The first-order valence-electron chi connectivity index (χ1n) is 8.34. The van der Waals surface area contributed by atoms with Crippen molar-refractivity contribution in [2.45, 2.75) is 26.7 Å². The standard InChI is InChI=1S/C17H28N4O/c1-4-8-21(9-5-2)17(22)16-14-15(6-7-18-16)20-12-10-19(3)11-13-20/h6-7,14H,4-5,8-13H2,1-3H3. The van der Waals surface area contributed by atoms with Gasteiger partial charge in [0.05, 0.1) is 0 Å². The van der Waals surface area contributed by atoms with Gasteiger partial charge in [-0.3, -0.25) is 9.78 Å². The molecular weight excluding hydrogens is 276 g/mol. The predicted octanol–water partition coefficient (Wildman–Crippen LogP) is 2.10. The maximum atomic E-state index is 12.6. The smallest absolute Gasteiger partial charge is 0.272 e. The van der Waals surface area contributed by atoms with Crippen LogP contribution in [-0.2, 0) is 0 Å². The van der Waals surface area contributed by atoms with E-state index in [9.17, 15) is 4.79 Å². The lowest BCUT2D eigenvalue weighted by Crippen LogP contribution is -2.44. The molecule has 0 bridgehead atoms. The molecular formula is C17H28N4O. The van der Waals surface area contributed by atoms with Crippen LogP contribution in [0.4, 0.5) is 5.69 Å². The van der Waals surface area contributed by atoms with E-state index < -0.39 is 0 Å². The molecule has 0 aromatic carbocycles. The van der Waals surface area contributed by atoms with E-state index >= 15 is 0 Å². The Morgan fingerprint density at radius 2 is 1.82 bits per heavy atom. The average Bonchev–Trinajstić information content (AvgIpc) is 2.55. The Morgan fingerprint density at radius 3 is 2.41 bits per heavy atom. The number of rotatable bonds is 6. The molecule has 1 aromatic heterocycles. The fourth-order valence-corrected chi connectivity index (χ4v) is 2.81. The number of hydrogen-bond donors (Lipinski definition) is 0. The minimum absolute atomic E-state index is 0.0553. The molecule has 0 atom stereocenters. The van der Waals surface area contributed by atoms with Crippen molar-refractivity contribution in [2.24, 2.45) is 0 Å². The zero-order valence-corrected chi connectivity index (χ0v) is 14.1. The molecule has 1 fully saturated rings. The fraction of sp³-hybridized carbons (Fsp3) is 0.647. The van der Waals surface area contributed by atoms with Crippen LogP contribution < -0.4 is 4.90 Å². The molecule has 122 valence electrons. The van der Waals surface area contributed by atoms with Gasteiger partial charge in [-0.15, -0.1) is 0 Å². The summed E-state index contributed by atoms with van der Waals surface area (Å²) < 4.78 is 0. The molecule has 22 heavy (non-hydrogen) atoms. The molecule has 2 rings (SSSR count). The lowest BCUT2D eigenvalue weighted by Gasteiger charge is -2.34. The van der Waals surface area contributed by atoms with Crippen LogP contribution in [0.3, 0.4) is 0 Å². The Bertz CT molecular complexity index is 477. The van der Waals surface area contributed by atoms with Gasteiger partial charge in [0.2, 0.25) is 0 Å². The highest BCUT2D eigenvalue weighted by Crippen LogP contribution is 2.17. The number of carbonyl (C=O) groups excluding carboxylic acids is 1. The maximum absolute atomic E-state index is 12.6. The topological polar surface area (TPSA) is 39.7 Å². The van der Waals surface area contributed by atoms with E-state index in [0.29, 0.717) is 5.69 Å². The van der Waals surface area contributed by atoms with E-state index in [1.54, 1.807) is 6.20 Å². The molecule has 5 heteroatoms. The second kappa shape index (κ2) is 8.13. The van der Waals surface area contributed by atoms with Crippen LogP contribution in [0.1, 0.15) is 37.2 Å². The van der Waals surface area contributed by atoms with Gasteiger partial charge in [-0.25, -0.2) is 0 Å². The number of anilines is 1. The van der Waals surface area contributed by atoms with Gasteiger partial charge in [0.15, 0.2) is 0 Å². The van der Waals surface area contributed by atoms with Crippen LogP contribution in [0.15, 0.2) is 18.3 Å². The quantitative estimate of drug-likeness (QED) is 0.807. The Labute approximate surface area is 133 Å². The molecule has 5 nitrogen and oxygen atoms in total. The maximum Gasteiger partial charge on any atom is 0.272 e. The number of pyridine rings is 1. The number of nitrogens with zero attached hydrogens (tertiary/aromatic N) is 4. The molecule has 1 saturated heterocycles. The Balaban J connectivity index is 2.11. The largest absolute Gasteiger partial charge is 0.369 e. The number of carbonyl (C=O) groups is 1. The molecule has 0 aliphatic carbocycles. The number of aromatic nitrogens is 1. The number of amides is 1. The molecule has 1 amide bonds. The Morgan fingerprint density at radius 1 is 1.18 bits per heavy atom. The fourth-order valence-electron chi connectivity index (χ4n) is 2.81. The van der Waals surface area contributed by atoms with Crippen molar-refractivity contribution in [2.75, 3.05) is 51.2 Å². The third kappa shape index (κ3) is 4.19. The highest BCUT2D eigenvalue weighted by molar-refractivity contribution is 5.93. The SMILES string of the molecule is CCCN(CCC)C(=O)c1cc(N2CCN(C)CC2)ccn1. The molecule has 1 aromatic rings. The normalized spacial score (nSPS) is 15.9. The van der Waals surface area contributed by atoms with Crippen LogP contribution in [0.2, 0.25) is 0 Å². The molecule has 0 unspecified atom stereocenters. The van der Waals surface area contributed by atoms with Gasteiger partial charge < -0.3 is 14.7 Å². The van der Waals surface area contributed by atoms with Crippen molar-refractivity contribution < 1.29 is 4.79 Å². The molecule has 0 N–H and O–H groups in total. The minimum Gasteiger partial charge on any atom is -0.369 e. The number of likely N-dealkylation sites (N-methyl/N-ethyl adjacent to an activating group) is 1. The first-order chi connectivity index (χ1) is 10.7. The predicted molar refractivity (Wildman–Crippen MR) is 90.4 cm³/mol. The van der Waals surface area contributed by atoms with E-state index in [2.05, 4.69) is 35.7 Å². The first-order valence-corrected chi connectivity index (χ1v) is 8.34. The number of piperazine rings is 1. The van der Waals surface area contributed by atoms with Gasteiger partial charge in [0.25, 0.3) is 5.91 Å². The zero-order chi connectivity index (χ0) is 15.9. The summed E-state index contributed by atoms with van der Waals surface area (Å²) >= 11 is 0. The second-order valence-electron chi connectivity index (χ2n) is 5.98. The minimum atomic E-state index is 0.0553. The zero-order valence-electron chi connectivity index (χ0n) is 14.1. The highest BCUT2D eigenvalue weighted by atomic mass is 16.2. The summed E-state index contributed by atoms with van der Waals surface area (Å²) in [5.41, 5.74) is 1.68. The summed E-state index contributed by atoms with van der Waals surface area (Å²) in [6.07, 6.45) is 3.71. The van der Waals surface area contributed by atoms with E-state index in [4.69, 9.17) is 0 Å². The lowest BCUT2D eigenvalue weighted by molar-refractivity contribution is 0.0749. The van der Waals surface area contributed by atoms with Crippen LogP contribution >= 0.6 is 0 Å². The second-order valence-corrected chi connectivity index (χ2v) is 5.98.